The van der Waals surface area contributed by atoms with Gasteiger partial charge >= 0.3 is 0 Å². The third-order valence-corrected chi connectivity index (χ3v) is 3.82. The van der Waals surface area contributed by atoms with Crippen LogP contribution in [0.4, 0.5) is 4.39 Å². The Hall–Kier alpha value is -0.930. The fourth-order valence-corrected chi connectivity index (χ4v) is 2.59. The van der Waals surface area contributed by atoms with E-state index in [9.17, 15) is 9.50 Å². The van der Waals surface area contributed by atoms with Crippen LogP contribution in [-0.2, 0) is 6.42 Å². The summed E-state index contributed by atoms with van der Waals surface area (Å²) >= 11 is 0. The van der Waals surface area contributed by atoms with Crippen molar-refractivity contribution in [1.82, 2.24) is 5.32 Å². The van der Waals surface area contributed by atoms with Crippen LogP contribution in [0.1, 0.15) is 36.4 Å². The molecule has 2 N–H and O–H groups in total. The zero-order valence-electron chi connectivity index (χ0n) is 9.17. The molecule has 2 aliphatic carbocycles. The Morgan fingerprint density at radius 2 is 2.25 bits per heavy atom. The highest BCUT2D eigenvalue weighted by molar-refractivity contribution is 5.35. The highest BCUT2D eigenvalue weighted by Gasteiger charge is 2.44. The first kappa shape index (κ1) is 10.2. The van der Waals surface area contributed by atoms with Gasteiger partial charge < -0.3 is 10.4 Å². The molecule has 0 spiro atoms. The number of aryl methyl sites for hydroxylation is 1. The molecule has 1 aromatic rings. The Balaban J connectivity index is 1.83. The standard InChI is InChI=1S/C13H16FNO/c14-10-3-1-9-2-4-12(11(9)7-10)15-13(8-16)5-6-13/h1,3,7,12,15-16H,2,4-6,8H2. The van der Waals surface area contributed by atoms with Crippen LogP contribution in [-0.4, -0.2) is 17.3 Å². The van der Waals surface area contributed by atoms with Crippen molar-refractivity contribution in [1.29, 1.82) is 0 Å². The third kappa shape index (κ3) is 1.64. The number of rotatable bonds is 3. The van der Waals surface area contributed by atoms with E-state index in [0.717, 1.165) is 31.2 Å². The van der Waals surface area contributed by atoms with E-state index in [0.29, 0.717) is 0 Å². The molecule has 3 heteroatoms. The normalized spacial score (nSPS) is 25.5. The summed E-state index contributed by atoms with van der Waals surface area (Å²) in [5.41, 5.74) is 2.26. The Bertz CT molecular complexity index is 414. The molecule has 0 aromatic heterocycles. The Labute approximate surface area is 94.5 Å². The molecule has 1 unspecified atom stereocenters. The third-order valence-electron chi connectivity index (χ3n) is 3.82. The number of hydrogen-bond acceptors (Lipinski definition) is 2. The molecule has 3 rings (SSSR count). The van der Waals surface area contributed by atoms with Gasteiger partial charge in [0.1, 0.15) is 5.82 Å². The maximum atomic E-state index is 13.2. The van der Waals surface area contributed by atoms with Gasteiger partial charge in [-0.15, -0.1) is 0 Å². The topological polar surface area (TPSA) is 32.3 Å². The average molecular weight is 221 g/mol. The van der Waals surface area contributed by atoms with Gasteiger partial charge in [0.25, 0.3) is 0 Å². The number of aliphatic hydroxyl groups excluding tert-OH is 1. The number of benzene rings is 1. The van der Waals surface area contributed by atoms with Crippen LogP contribution in [0, 0.1) is 5.82 Å². The molecule has 1 aromatic carbocycles. The Morgan fingerprint density at radius 1 is 1.44 bits per heavy atom. The quantitative estimate of drug-likeness (QED) is 0.817. The summed E-state index contributed by atoms with van der Waals surface area (Å²) in [7, 11) is 0. The van der Waals surface area contributed by atoms with Crippen LogP contribution < -0.4 is 5.32 Å². The largest absolute Gasteiger partial charge is 0.394 e. The van der Waals surface area contributed by atoms with Crippen LogP contribution in [0.15, 0.2) is 18.2 Å². The first-order valence-corrected chi connectivity index (χ1v) is 5.89. The highest BCUT2D eigenvalue weighted by atomic mass is 19.1. The monoisotopic (exact) mass is 221 g/mol. The van der Waals surface area contributed by atoms with Crippen molar-refractivity contribution in [3.63, 3.8) is 0 Å². The Kier molecular flexibility index (Phi) is 2.26. The van der Waals surface area contributed by atoms with Crippen LogP contribution in [0.2, 0.25) is 0 Å². The number of hydrogen-bond donors (Lipinski definition) is 2. The van der Waals surface area contributed by atoms with Gasteiger partial charge in [0.05, 0.1) is 6.61 Å². The summed E-state index contributed by atoms with van der Waals surface area (Å²) < 4.78 is 13.2. The second-order valence-corrected chi connectivity index (χ2v) is 5.02. The highest BCUT2D eigenvalue weighted by Crippen LogP contribution is 2.40. The van der Waals surface area contributed by atoms with Gasteiger partial charge in [0, 0.05) is 11.6 Å². The lowest BCUT2D eigenvalue weighted by molar-refractivity contribution is 0.218. The molecule has 2 nitrogen and oxygen atoms in total. The Morgan fingerprint density at radius 3 is 2.94 bits per heavy atom. The van der Waals surface area contributed by atoms with E-state index in [-0.39, 0.29) is 24.0 Å². The second-order valence-electron chi connectivity index (χ2n) is 5.02. The molecule has 0 heterocycles. The van der Waals surface area contributed by atoms with Crippen LogP contribution in [0.25, 0.3) is 0 Å². The van der Waals surface area contributed by atoms with Crippen molar-refractivity contribution in [3.8, 4) is 0 Å². The summed E-state index contributed by atoms with van der Waals surface area (Å²) in [4.78, 5) is 0. The van der Waals surface area contributed by atoms with Gasteiger partial charge in [-0.3, -0.25) is 0 Å². The fourth-order valence-electron chi connectivity index (χ4n) is 2.59. The predicted molar refractivity (Wildman–Crippen MR) is 59.6 cm³/mol. The lowest BCUT2D eigenvalue weighted by Crippen LogP contribution is -2.37. The molecule has 0 bridgehead atoms. The second kappa shape index (κ2) is 3.54. The summed E-state index contributed by atoms with van der Waals surface area (Å²) in [6, 6.07) is 5.26. The molecule has 0 aliphatic heterocycles. The van der Waals surface area contributed by atoms with E-state index in [4.69, 9.17) is 0 Å². The summed E-state index contributed by atoms with van der Waals surface area (Å²) in [6.45, 7) is 0.189. The molecular formula is C13H16FNO. The number of fused-ring (bicyclic) bond motifs is 1. The van der Waals surface area contributed by atoms with Crippen molar-refractivity contribution < 1.29 is 9.50 Å². The molecule has 0 saturated heterocycles. The molecule has 0 radical (unpaired) electrons. The van der Waals surface area contributed by atoms with Crippen molar-refractivity contribution >= 4 is 0 Å². The minimum atomic E-state index is -0.165. The van der Waals surface area contributed by atoms with E-state index < -0.39 is 0 Å². The zero-order chi connectivity index (χ0) is 11.2. The molecule has 0 amide bonds. The number of halogens is 1. The predicted octanol–water partition coefficient (Wildman–Crippen LogP) is 1.93. The van der Waals surface area contributed by atoms with Gasteiger partial charge in [-0.25, -0.2) is 4.39 Å². The van der Waals surface area contributed by atoms with E-state index in [2.05, 4.69) is 5.32 Å². The SMILES string of the molecule is OCC1(NC2CCc3ccc(F)cc32)CC1. The molecular weight excluding hydrogens is 205 g/mol. The molecule has 1 atom stereocenters. The van der Waals surface area contributed by atoms with Crippen molar-refractivity contribution in [2.75, 3.05) is 6.61 Å². The fraction of sp³-hybridized carbons (Fsp3) is 0.538. The van der Waals surface area contributed by atoms with Crippen LogP contribution >= 0.6 is 0 Å². The van der Waals surface area contributed by atoms with Crippen LogP contribution in [0.5, 0.6) is 0 Å². The molecule has 1 fully saturated rings. The van der Waals surface area contributed by atoms with Gasteiger partial charge in [0.2, 0.25) is 0 Å². The number of nitrogens with one attached hydrogen (secondary N) is 1. The lowest BCUT2D eigenvalue weighted by atomic mass is 10.1. The minimum Gasteiger partial charge on any atom is -0.394 e. The maximum absolute atomic E-state index is 13.2. The van der Waals surface area contributed by atoms with Crippen molar-refractivity contribution in [2.45, 2.75) is 37.3 Å². The van der Waals surface area contributed by atoms with E-state index in [1.165, 1.54) is 11.6 Å². The summed E-state index contributed by atoms with van der Waals surface area (Å²) in [6.07, 6.45) is 4.09. The summed E-state index contributed by atoms with van der Waals surface area (Å²) in [5.74, 6) is -0.165. The maximum Gasteiger partial charge on any atom is 0.123 e. The van der Waals surface area contributed by atoms with Gasteiger partial charge in [-0.05, 0) is 48.9 Å². The smallest absolute Gasteiger partial charge is 0.123 e. The molecule has 16 heavy (non-hydrogen) atoms. The van der Waals surface area contributed by atoms with E-state index in [1.54, 1.807) is 6.07 Å². The molecule has 2 aliphatic rings. The molecule has 86 valence electrons. The first-order chi connectivity index (χ1) is 7.72. The number of aliphatic hydroxyl groups is 1. The van der Waals surface area contributed by atoms with Crippen LogP contribution in [0.3, 0.4) is 0 Å². The van der Waals surface area contributed by atoms with E-state index in [1.807, 2.05) is 6.07 Å². The summed E-state index contributed by atoms with van der Waals surface area (Å²) in [5, 5.41) is 12.8. The van der Waals surface area contributed by atoms with Crippen molar-refractivity contribution in [2.24, 2.45) is 0 Å². The van der Waals surface area contributed by atoms with Gasteiger partial charge in [-0.2, -0.15) is 0 Å². The molecule has 1 saturated carbocycles. The van der Waals surface area contributed by atoms with E-state index >= 15 is 0 Å². The average Bonchev–Trinajstić information content (AvgIpc) is 2.96. The minimum absolute atomic E-state index is 0.0708. The van der Waals surface area contributed by atoms with Gasteiger partial charge in [0.15, 0.2) is 0 Å². The first-order valence-electron chi connectivity index (χ1n) is 5.89. The zero-order valence-corrected chi connectivity index (χ0v) is 9.17. The van der Waals surface area contributed by atoms with Crippen molar-refractivity contribution in [3.05, 3.63) is 35.1 Å². The lowest BCUT2D eigenvalue weighted by Gasteiger charge is -2.21. The van der Waals surface area contributed by atoms with Gasteiger partial charge in [-0.1, -0.05) is 6.07 Å².